The fourth-order valence-electron chi connectivity index (χ4n) is 1.54. The van der Waals surface area contributed by atoms with Gasteiger partial charge in [-0.25, -0.2) is 0 Å². The van der Waals surface area contributed by atoms with Crippen LogP contribution in [-0.2, 0) is 14.3 Å². The molecule has 0 aliphatic rings. The first kappa shape index (κ1) is 16.6. The average Bonchev–Trinajstić information content (AvgIpc) is 2.50. The van der Waals surface area contributed by atoms with Crippen molar-refractivity contribution in [3.8, 4) is 0 Å². The Morgan fingerprint density at radius 2 is 1.90 bits per heavy atom. The topological polar surface area (TPSA) is 120 Å². The van der Waals surface area contributed by atoms with Crippen molar-refractivity contribution in [2.45, 2.75) is 12.8 Å². The van der Waals surface area contributed by atoms with E-state index in [2.05, 4.69) is 15.0 Å². The Morgan fingerprint density at radius 3 is 2.48 bits per heavy atom. The largest absolute Gasteiger partial charge is 0.469 e. The van der Waals surface area contributed by atoms with Crippen LogP contribution in [0.15, 0.2) is 29.3 Å². The van der Waals surface area contributed by atoms with Gasteiger partial charge in [-0.3, -0.25) is 9.59 Å². The summed E-state index contributed by atoms with van der Waals surface area (Å²) in [5, 5.41) is 3.12. The summed E-state index contributed by atoms with van der Waals surface area (Å²) in [7, 11) is 1.27. The van der Waals surface area contributed by atoms with Gasteiger partial charge in [-0.1, -0.05) is 0 Å². The van der Waals surface area contributed by atoms with Gasteiger partial charge in [0.1, 0.15) is 5.84 Å². The van der Waals surface area contributed by atoms with E-state index in [4.69, 9.17) is 11.5 Å². The number of aliphatic imine (C=N–C) groups is 1. The minimum atomic E-state index is -0.455. The number of benzene rings is 1. The standard InChI is InChI=1S/C14H20N4O3/c1-21-13(20)7-6-12(19)18-14(16)10-2-4-11(5-3-10)17-9-8-15/h2-5,17H,6-9,15H2,1H3,(H2,16,18,19). The van der Waals surface area contributed by atoms with Gasteiger partial charge in [0.05, 0.1) is 13.5 Å². The molecule has 0 saturated heterocycles. The molecule has 0 unspecified atom stereocenters. The number of hydrogen-bond acceptors (Lipinski definition) is 5. The second kappa shape index (κ2) is 8.70. The third-order valence-corrected chi connectivity index (χ3v) is 2.67. The number of rotatable bonds is 7. The summed E-state index contributed by atoms with van der Waals surface area (Å²) < 4.78 is 4.45. The Kier molecular flexibility index (Phi) is 6.90. The highest BCUT2D eigenvalue weighted by Crippen LogP contribution is 2.09. The molecule has 0 saturated carbocycles. The Labute approximate surface area is 123 Å². The normalized spacial score (nSPS) is 11.0. The number of esters is 1. The fourth-order valence-corrected chi connectivity index (χ4v) is 1.54. The zero-order valence-electron chi connectivity index (χ0n) is 12.0. The lowest BCUT2D eigenvalue weighted by Crippen LogP contribution is -2.17. The summed E-state index contributed by atoms with van der Waals surface area (Å²) in [5.74, 6) is -0.786. The van der Waals surface area contributed by atoms with E-state index in [0.717, 1.165) is 5.69 Å². The molecule has 1 aromatic carbocycles. The van der Waals surface area contributed by atoms with E-state index in [1.807, 2.05) is 12.1 Å². The van der Waals surface area contributed by atoms with Crippen LogP contribution in [0.25, 0.3) is 0 Å². The molecular formula is C14H20N4O3. The molecule has 0 spiro atoms. The number of anilines is 1. The summed E-state index contributed by atoms with van der Waals surface area (Å²) in [6.45, 7) is 1.22. The molecule has 0 bridgehead atoms. The number of nitrogens with two attached hydrogens (primary N) is 2. The number of nitrogens with zero attached hydrogens (tertiary/aromatic N) is 1. The van der Waals surface area contributed by atoms with Gasteiger partial charge in [-0.15, -0.1) is 0 Å². The van der Waals surface area contributed by atoms with Crippen LogP contribution in [0.3, 0.4) is 0 Å². The lowest BCUT2D eigenvalue weighted by Gasteiger charge is -2.06. The summed E-state index contributed by atoms with van der Waals surface area (Å²) in [6, 6.07) is 7.16. The Morgan fingerprint density at radius 1 is 1.24 bits per heavy atom. The van der Waals surface area contributed by atoms with Crippen molar-refractivity contribution in [2.75, 3.05) is 25.5 Å². The summed E-state index contributed by atoms with van der Waals surface area (Å²) in [6.07, 6.45) is -0.0302. The van der Waals surface area contributed by atoms with Crippen LogP contribution < -0.4 is 16.8 Å². The van der Waals surface area contributed by atoms with E-state index in [-0.39, 0.29) is 18.7 Å². The van der Waals surface area contributed by atoms with Crippen molar-refractivity contribution in [1.29, 1.82) is 0 Å². The molecule has 114 valence electrons. The molecule has 1 rings (SSSR count). The molecule has 1 aromatic rings. The highest BCUT2D eigenvalue weighted by molar-refractivity contribution is 6.04. The first-order valence-corrected chi connectivity index (χ1v) is 6.55. The Bertz CT molecular complexity index is 511. The molecule has 7 heteroatoms. The molecular weight excluding hydrogens is 272 g/mol. The molecule has 0 fully saturated rings. The Balaban J connectivity index is 2.60. The SMILES string of the molecule is COC(=O)CCC(=O)/N=C(\N)c1ccc(NCCN)cc1. The summed E-state index contributed by atoms with van der Waals surface area (Å²) in [5.41, 5.74) is 12.7. The number of carbonyl (C=O) groups excluding carboxylic acids is 2. The van der Waals surface area contributed by atoms with Crippen LogP contribution in [0.1, 0.15) is 18.4 Å². The first-order valence-electron chi connectivity index (χ1n) is 6.55. The average molecular weight is 292 g/mol. The maximum absolute atomic E-state index is 11.6. The van der Waals surface area contributed by atoms with Crippen LogP contribution in [0, 0.1) is 0 Å². The van der Waals surface area contributed by atoms with Gasteiger partial charge < -0.3 is 21.5 Å². The van der Waals surface area contributed by atoms with E-state index in [9.17, 15) is 9.59 Å². The highest BCUT2D eigenvalue weighted by atomic mass is 16.5. The van der Waals surface area contributed by atoms with Crippen LogP contribution in [0.2, 0.25) is 0 Å². The number of methoxy groups -OCH3 is 1. The number of ether oxygens (including phenoxy) is 1. The van der Waals surface area contributed by atoms with Gasteiger partial charge in [0.15, 0.2) is 0 Å². The molecule has 0 aromatic heterocycles. The maximum Gasteiger partial charge on any atom is 0.306 e. The molecule has 21 heavy (non-hydrogen) atoms. The fraction of sp³-hybridized carbons (Fsp3) is 0.357. The van der Waals surface area contributed by atoms with E-state index >= 15 is 0 Å². The number of amidine groups is 1. The zero-order valence-corrected chi connectivity index (χ0v) is 12.0. The second-order valence-corrected chi connectivity index (χ2v) is 4.26. The van der Waals surface area contributed by atoms with E-state index < -0.39 is 11.9 Å². The minimum absolute atomic E-state index is 0.00589. The van der Waals surface area contributed by atoms with E-state index in [1.54, 1.807) is 12.1 Å². The molecule has 0 aliphatic heterocycles. The van der Waals surface area contributed by atoms with Crippen molar-refractivity contribution in [2.24, 2.45) is 16.5 Å². The number of carbonyl (C=O) groups is 2. The Hall–Kier alpha value is -2.41. The van der Waals surface area contributed by atoms with Crippen molar-refractivity contribution in [1.82, 2.24) is 0 Å². The quantitative estimate of drug-likeness (QED) is 0.376. The van der Waals surface area contributed by atoms with Gasteiger partial charge in [-0.05, 0) is 24.3 Å². The van der Waals surface area contributed by atoms with Crippen LogP contribution in [0.5, 0.6) is 0 Å². The molecule has 0 aliphatic carbocycles. The molecule has 7 nitrogen and oxygen atoms in total. The monoisotopic (exact) mass is 292 g/mol. The van der Waals surface area contributed by atoms with Crippen LogP contribution in [0.4, 0.5) is 5.69 Å². The smallest absolute Gasteiger partial charge is 0.306 e. The summed E-state index contributed by atoms with van der Waals surface area (Å²) in [4.78, 5) is 26.2. The molecule has 0 radical (unpaired) electrons. The lowest BCUT2D eigenvalue weighted by molar-refractivity contribution is -0.141. The van der Waals surface area contributed by atoms with E-state index in [1.165, 1.54) is 7.11 Å². The van der Waals surface area contributed by atoms with Gasteiger partial charge in [-0.2, -0.15) is 4.99 Å². The highest BCUT2D eigenvalue weighted by Gasteiger charge is 2.07. The van der Waals surface area contributed by atoms with Gasteiger partial charge in [0, 0.05) is 30.8 Å². The number of amides is 1. The minimum Gasteiger partial charge on any atom is -0.469 e. The maximum atomic E-state index is 11.6. The first-order chi connectivity index (χ1) is 10.1. The number of nitrogens with one attached hydrogen (secondary N) is 1. The molecule has 5 N–H and O–H groups in total. The van der Waals surface area contributed by atoms with Crippen molar-refractivity contribution in [3.63, 3.8) is 0 Å². The molecule has 1 amide bonds. The third kappa shape index (κ3) is 6.05. The summed E-state index contributed by atoms with van der Waals surface area (Å²) >= 11 is 0. The zero-order chi connectivity index (χ0) is 15.7. The van der Waals surface area contributed by atoms with Gasteiger partial charge in [0.25, 0.3) is 0 Å². The predicted molar refractivity (Wildman–Crippen MR) is 81.0 cm³/mol. The van der Waals surface area contributed by atoms with Crippen molar-refractivity contribution >= 4 is 23.4 Å². The predicted octanol–water partition coefficient (Wildman–Crippen LogP) is 0.242. The van der Waals surface area contributed by atoms with Gasteiger partial charge >= 0.3 is 5.97 Å². The van der Waals surface area contributed by atoms with Crippen LogP contribution >= 0.6 is 0 Å². The third-order valence-electron chi connectivity index (χ3n) is 2.67. The molecule has 0 heterocycles. The van der Waals surface area contributed by atoms with Crippen LogP contribution in [-0.4, -0.2) is 37.9 Å². The van der Waals surface area contributed by atoms with Crippen molar-refractivity contribution in [3.05, 3.63) is 29.8 Å². The van der Waals surface area contributed by atoms with Crippen molar-refractivity contribution < 1.29 is 14.3 Å². The van der Waals surface area contributed by atoms with E-state index in [0.29, 0.717) is 18.7 Å². The molecule has 0 atom stereocenters. The second-order valence-electron chi connectivity index (χ2n) is 4.26. The van der Waals surface area contributed by atoms with Gasteiger partial charge in [0.2, 0.25) is 5.91 Å². The number of hydrogen-bond donors (Lipinski definition) is 3. The lowest BCUT2D eigenvalue weighted by atomic mass is 10.2.